The summed E-state index contributed by atoms with van der Waals surface area (Å²) in [5, 5.41) is 18.1. The van der Waals surface area contributed by atoms with Crippen LogP contribution < -0.4 is 9.80 Å². The van der Waals surface area contributed by atoms with Gasteiger partial charge in [0.05, 0.1) is 34.1 Å². The molecule has 5 heteroatoms. The molecule has 3 heterocycles. The van der Waals surface area contributed by atoms with Crippen molar-refractivity contribution in [2.24, 2.45) is 0 Å². The first kappa shape index (κ1) is 40.3. The molecule has 2 nitrogen and oxygen atoms in total. The highest BCUT2D eigenvalue weighted by Gasteiger charge is 2.33. The van der Waals surface area contributed by atoms with Gasteiger partial charge >= 0.3 is 0 Å². The summed E-state index contributed by atoms with van der Waals surface area (Å²) < 4.78 is 2.63. The van der Waals surface area contributed by atoms with E-state index in [0.717, 1.165) is 0 Å². The van der Waals surface area contributed by atoms with Crippen molar-refractivity contribution in [2.45, 2.75) is 19.6 Å². The number of anilines is 6. The van der Waals surface area contributed by atoms with Crippen LogP contribution in [0.2, 0.25) is 0 Å². The molecule has 0 atom stereocenters. The van der Waals surface area contributed by atoms with Gasteiger partial charge in [-0.1, -0.05) is 187 Å². The Kier molecular flexibility index (Phi) is 8.34. The fourth-order valence-electron chi connectivity index (χ4n) is 12.8. The monoisotopic (exact) mass is 978 g/mol. The van der Waals surface area contributed by atoms with E-state index in [9.17, 15) is 0 Å². The standard InChI is InChI=1S/C68H38N2S3/c1-3-17-39(18-4-1)61-65-44-24-15-22-42-49(69-51-26-8-12-30-56(51)72-57-31-13-9-27-52(57)69)35-33-46(63(42)44)67(65)62(40-19-5-2-6-20-40)66-45-25-16-23-43-50(36-34-47(64(43)45)68(61)66)70-53-28-10-14-32-58(53)73-60-37-48-41-21-7-11-29-55(41)71-59(48)38-54(60)70/h1-38H. The van der Waals surface area contributed by atoms with Gasteiger partial charge in [0, 0.05) is 50.5 Å². The molecule has 338 valence electrons. The second-order valence-corrected chi connectivity index (χ2v) is 22.6. The van der Waals surface area contributed by atoms with E-state index in [-0.39, 0.29) is 0 Å². The lowest BCUT2D eigenvalue weighted by Crippen LogP contribution is -2.15. The van der Waals surface area contributed by atoms with Gasteiger partial charge in [0.1, 0.15) is 0 Å². The van der Waals surface area contributed by atoms with Crippen LogP contribution in [0.4, 0.5) is 34.1 Å². The van der Waals surface area contributed by atoms with E-state index in [1.807, 2.05) is 34.9 Å². The predicted molar refractivity (Wildman–Crippen MR) is 315 cm³/mol. The van der Waals surface area contributed by atoms with Crippen LogP contribution in [-0.2, 0) is 0 Å². The Labute approximate surface area is 433 Å². The maximum atomic E-state index is 2.55. The van der Waals surface area contributed by atoms with Crippen molar-refractivity contribution in [3.8, 4) is 22.3 Å². The van der Waals surface area contributed by atoms with Crippen LogP contribution in [0.3, 0.4) is 0 Å². The summed E-state index contributed by atoms with van der Waals surface area (Å²) in [6.07, 6.45) is 0. The summed E-state index contributed by atoms with van der Waals surface area (Å²) in [5.74, 6) is 0. The Balaban J connectivity index is 1.00. The van der Waals surface area contributed by atoms with Crippen LogP contribution in [-0.4, -0.2) is 0 Å². The molecule has 0 saturated heterocycles. The summed E-state index contributed by atoms with van der Waals surface area (Å²) in [5.41, 5.74) is 12.3. The number of rotatable bonds is 4. The van der Waals surface area contributed by atoms with Gasteiger partial charge in [0.25, 0.3) is 0 Å². The second kappa shape index (κ2) is 15.1. The highest BCUT2D eigenvalue weighted by atomic mass is 32.2. The third kappa shape index (κ3) is 5.51. The number of hydrogen-bond donors (Lipinski definition) is 0. The molecule has 17 rings (SSSR count). The van der Waals surface area contributed by atoms with E-state index in [1.54, 1.807) is 0 Å². The Bertz CT molecular complexity index is 4670. The minimum Gasteiger partial charge on any atom is -0.308 e. The van der Waals surface area contributed by atoms with Crippen LogP contribution in [0.5, 0.6) is 0 Å². The van der Waals surface area contributed by atoms with E-state index in [4.69, 9.17) is 0 Å². The summed E-state index contributed by atoms with van der Waals surface area (Å²) in [6.45, 7) is 0. The predicted octanol–water partition coefficient (Wildman–Crippen LogP) is 21.1. The molecule has 14 aromatic carbocycles. The zero-order valence-corrected chi connectivity index (χ0v) is 41.5. The molecule has 0 fully saturated rings. The maximum Gasteiger partial charge on any atom is 0.0616 e. The fraction of sp³-hybridized carbons (Fsp3) is 0. The van der Waals surface area contributed by atoms with E-state index in [1.165, 1.54) is 161 Å². The molecule has 0 amide bonds. The van der Waals surface area contributed by atoms with E-state index < -0.39 is 0 Å². The van der Waals surface area contributed by atoms with Crippen LogP contribution in [0.1, 0.15) is 0 Å². The Morgan fingerprint density at radius 2 is 0.644 bits per heavy atom. The smallest absolute Gasteiger partial charge is 0.0616 e. The van der Waals surface area contributed by atoms with Crippen molar-refractivity contribution in [3.05, 3.63) is 231 Å². The third-order valence-corrected chi connectivity index (χ3v) is 19.1. The average molecular weight is 979 g/mol. The molecule has 2 aliphatic rings. The van der Waals surface area contributed by atoms with Gasteiger partial charge in [0.2, 0.25) is 0 Å². The number of thiophene rings is 1. The van der Waals surface area contributed by atoms with Gasteiger partial charge in [0.15, 0.2) is 0 Å². The van der Waals surface area contributed by atoms with Crippen molar-refractivity contribution in [2.75, 3.05) is 9.80 Å². The van der Waals surface area contributed by atoms with Gasteiger partial charge in [-0.3, -0.25) is 0 Å². The topological polar surface area (TPSA) is 6.48 Å². The minimum absolute atomic E-state index is 1.19. The summed E-state index contributed by atoms with van der Waals surface area (Å²) in [6, 6.07) is 86.7. The molecule has 0 aliphatic carbocycles. The van der Waals surface area contributed by atoms with Crippen LogP contribution >= 0.6 is 34.9 Å². The second-order valence-electron chi connectivity index (χ2n) is 19.4. The Morgan fingerprint density at radius 1 is 0.233 bits per heavy atom. The molecule has 0 spiro atoms. The summed E-state index contributed by atoms with van der Waals surface area (Å²) in [7, 11) is 0. The molecule has 0 saturated carbocycles. The van der Waals surface area contributed by atoms with Gasteiger partial charge in [-0.2, -0.15) is 0 Å². The molecule has 1 aromatic heterocycles. The molecule has 73 heavy (non-hydrogen) atoms. The van der Waals surface area contributed by atoms with Gasteiger partial charge in [-0.15, -0.1) is 11.3 Å². The van der Waals surface area contributed by atoms with Crippen molar-refractivity contribution in [3.63, 3.8) is 0 Å². The zero-order chi connectivity index (χ0) is 47.5. The van der Waals surface area contributed by atoms with Crippen LogP contribution in [0, 0.1) is 0 Å². The highest BCUT2D eigenvalue weighted by molar-refractivity contribution is 8.00. The number of para-hydroxylation sites is 3. The van der Waals surface area contributed by atoms with Crippen LogP contribution in [0.15, 0.2) is 250 Å². The SMILES string of the molecule is c1ccc(-c2c3c4ccc(N5c6ccccc6Sc6ccccc65)c5cccc(c3c(-c3ccccc3)c3c6ccc(N7c8ccccc8Sc8cc9c(cc87)sc7ccccc79)c7cccc(c23)c76)c54)cc1. The molecule has 2 aliphatic heterocycles. The molecule has 0 unspecified atom stereocenters. The third-order valence-electron chi connectivity index (χ3n) is 15.7. The lowest BCUT2D eigenvalue weighted by molar-refractivity contribution is 1.17. The van der Waals surface area contributed by atoms with Gasteiger partial charge < -0.3 is 9.80 Å². The normalized spacial score (nSPS) is 13.3. The molecule has 15 aromatic rings. The number of benzene rings is 12. The summed E-state index contributed by atoms with van der Waals surface area (Å²) in [4.78, 5) is 10.1. The van der Waals surface area contributed by atoms with Crippen molar-refractivity contribution < 1.29 is 0 Å². The lowest BCUT2D eigenvalue weighted by Gasteiger charge is -2.33. The van der Waals surface area contributed by atoms with Gasteiger partial charge in [-0.05, 0) is 143 Å². The quantitative estimate of drug-likeness (QED) is 0.173. The van der Waals surface area contributed by atoms with Gasteiger partial charge in [-0.25, -0.2) is 0 Å². The highest BCUT2D eigenvalue weighted by Crippen LogP contribution is 2.60. The summed E-state index contributed by atoms with van der Waals surface area (Å²) >= 11 is 5.63. The average Bonchev–Trinajstić information content (AvgIpc) is 4.12. The molecule has 0 N–H and O–H groups in total. The van der Waals surface area contributed by atoms with Crippen molar-refractivity contribution >= 4 is 154 Å². The molecular weight excluding hydrogens is 941 g/mol. The van der Waals surface area contributed by atoms with E-state index in [0.29, 0.717) is 0 Å². The Morgan fingerprint density at radius 3 is 1.18 bits per heavy atom. The fourth-order valence-corrected chi connectivity index (χ4v) is 16.1. The number of nitrogens with zero attached hydrogens (tertiary/aromatic N) is 2. The first-order valence-electron chi connectivity index (χ1n) is 24.9. The Hall–Kier alpha value is -8.32. The molecule has 0 bridgehead atoms. The minimum atomic E-state index is 1.19. The zero-order valence-electron chi connectivity index (χ0n) is 39.1. The first-order valence-corrected chi connectivity index (χ1v) is 27.4. The number of hydrogen-bond acceptors (Lipinski definition) is 5. The molecular formula is C68H38N2S3. The van der Waals surface area contributed by atoms with Crippen molar-refractivity contribution in [1.82, 2.24) is 0 Å². The van der Waals surface area contributed by atoms with Crippen molar-refractivity contribution in [1.29, 1.82) is 0 Å². The lowest BCUT2D eigenvalue weighted by atomic mass is 9.87. The first-order chi connectivity index (χ1) is 36.2. The largest absolute Gasteiger partial charge is 0.308 e. The van der Waals surface area contributed by atoms with E-state index >= 15 is 0 Å². The van der Waals surface area contributed by atoms with Crippen LogP contribution in [0.25, 0.3) is 107 Å². The number of fused-ring (bicyclic) bond motifs is 13. The maximum absolute atomic E-state index is 2.55. The van der Waals surface area contributed by atoms with E-state index in [2.05, 4.69) is 240 Å². The molecule has 0 radical (unpaired) electrons.